The molecule has 0 spiro atoms. The molecule has 20 heavy (non-hydrogen) atoms. The Morgan fingerprint density at radius 3 is 2.45 bits per heavy atom. The van der Waals surface area contributed by atoms with Gasteiger partial charge in [-0.2, -0.15) is 12.5 Å². The first-order valence-corrected chi connectivity index (χ1v) is 8.09. The van der Waals surface area contributed by atoms with Crippen molar-refractivity contribution in [1.82, 2.24) is 9.19 Å². The molecule has 0 bridgehead atoms. The van der Waals surface area contributed by atoms with Crippen molar-refractivity contribution in [3.63, 3.8) is 0 Å². The highest BCUT2D eigenvalue weighted by Gasteiger charge is 2.26. The third-order valence-electron chi connectivity index (χ3n) is 3.72. The van der Waals surface area contributed by atoms with Crippen molar-refractivity contribution >= 4 is 10.0 Å². The predicted molar refractivity (Wildman–Crippen MR) is 75.5 cm³/mol. The Morgan fingerprint density at radius 1 is 1.10 bits per heavy atom. The van der Waals surface area contributed by atoms with Crippen LogP contribution in [-0.2, 0) is 22.9 Å². The smallest absolute Gasteiger partial charge is 0.268 e. The summed E-state index contributed by atoms with van der Waals surface area (Å²) in [7, 11) is -3.72. The monoisotopic (exact) mass is 292 g/mol. The minimum Gasteiger partial charge on any atom is -0.268 e. The fraction of sp³-hybridized carbons (Fsp3) is 0.357. The van der Waals surface area contributed by atoms with E-state index >= 15 is 0 Å². The van der Waals surface area contributed by atoms with Crippen LogP contribution in [0.1, 0.15) is 29.7 Å². The van der Waals surface area contributed by atoms with Crippen LogP contribution in [-0.4, -0.2) is 17.6 Å². The minimum atomic E-state index is -3.72. The maximum Gasteiger partial charge on any atom is 0.281 e. The van der Waals surface area contributed by atoms with E-state index in [-0.39, 0.29) is 10.5 Å². The highest BCUT2D eigenvalue weighted by atomic mass is 32.2. The number of hydrogen-bond acceptors (Lipinski definition) is 3. The molecule has 0 amide bonds. The van der Waals surface area contributed by atoms with Crippen molar-refractivity contribution < 1.29 is 8.42 Å². The van der Waals surface area contributed by atoms with E-state index in [1.54, 1.807) is 24.3 Å². The number of aromatic amines is 1. The molecule has 0 saturated carbocycles. The molecule has 6 heteroatoms. The molecule has 0 radical (unpaired) electrons. The van der Waals surface area contributed by atoms with Crippen molar-refractivity contribution in [2.45, 2.75) is 37.5 Å². The molecule has 3 rings (SSSR count). The number of fused-ring (bicyclic) bond motifs is 1. The van der Waals surface area contributed by atoms with Gasteiger partial charge in [-0.25, -0.2) is 5.10 Å². The number of aromatic nitrogens is 2. The first kappa shape index (κ1) is 13.2. The van der Waals surface area contributed by atoms with Gasteiger partial charge in [0.05, 0.1) is 10.6 Å². The van der Waals surface area contributed by atoms with E-state index in [9.17, 15) is 13.2 Å². The molecule has 1 aliphatic carbocycles. The molecule has 1 aliphatic rings. The molecule has 2 aromatic rings. The van der Waals surface area contributed by atoms with E-state index < -0.39 is 10.0 Å². The molecule has 1 aromatic carbocycles. The van der Waals surface area contributed by atoms with Gasteiger partial charge < -0.3 is 0 Å². The molecule has 1 N–H and O–H groups in total. The zero-order chi connectivity index (χ0) is 14.3. The van der Waals surface area contributed by atoms with Gasteiger partial charge in [0.15, 0.2) is 0 Å². The van der Waals surface area contributed by atoms with E-state index in [0.29, 0.717) is 24.1 Å². The highest BCUT2D eigenvalue weighted by molar-refractivity contribution is 7.89. The van der Waals surface area contributed by atoms with Crippen molar-refractivity contribution in [1.29, 1.82) is 0 Å². The highest BCUT2D eigenvalue weighted by Crippen LogP contribution is 2.22. The SMILES string of the molecule is Cc1ccc(S(=O)(=O)n2[nH]c(=O)c3c2CCCC3)cc1. The van der Waals surface area contributed by atoms with Gasteiger partial charge in [0.2, 0.25) is 0 Å². The van der Waals surface area contributed by atoms with E-state index in [0.717, 1.165) is 22.5 Å². The third-order valence-corrected chi connectivity index (χ3v) is 5.38. The number of nitrogens with one attached hydrogen (secondary N) is 1. The summed E-state index contributed by atoms with van der Waals surface area (Å²) in [5.41, 5.74) is 1.94. The maximum atomic E-state index is 12.6. The summed E-state index contributed by atoms with van der Waals surface area (Å²) in [6.07, 6.45) is 3.12. The van der Waals surface area contributed by atoms with Gasteiger partial charge in [0.1, 0.15) is 0 Å². The molecule has 0 atom stereocenters. The largest absolute Gasteiger partial charge is 0.281 e. The number of H-pyrrole nitrogens is 1. The number of aryl methyl sites for hydroxylation is 1. The standard InChI is InChI=1S/C14H16N2O3S/c1-10-6-8-11(9-7-10)20(18,19)16-13-5-3-2-4-12(13)14(17)15-16/h6-9H,2-5H2,1H3,(H,15,17). The van der Waals surface area contributed by atoms with Gasteiger partial charge in [-0.1, -0.05) is 17.7 Å². The number of benzene rings is 1. The molecule has 0 saturated heterocycles. The number of hydrogen-bond donors (Lipinski definition) is 1. The number of rotatable bonds is 2. The first-order chi connectivity index (χ1) is 9.50. The second-order valence-electron chi connectivity index (χ2n) is 5.16. The van der Waals surface area contributed by atoms with Gasteiger partial charge in [-0.3, -0.25) is 4.79 Å². The summed E-state index contributed by atoms with van der Waals surface area (Å²) in [6.45, 7) is 1.90. The van der Waals surface area contributed by atoms with Crippen LogP contribution in [0, 0.1) is 6.92 Å². The van der Waals surface area contributed by atoms with Crippen LogP contribution in [0.2, 0.25) is 0 Å². The van der Waals surface area contributed by atoms with Crippen LogP contribution in [0.15, 0.2) is 34.0 Å². The summed E-state index contributed by atoms with van der Waals surface area (Å²) in [6, 6.07) is 6.64. The van der Waals surface area contributed by atoms with Gasteiger partial charge >= 0.3 is 0 Å². The lowest BCUT2D eigenvalue weighted by Gasteiger charge is -2.14. The molecular formula is C14H16N2O3S. The molecule has 5 nitrogen and oxygen atoms in total. The van der Waals surface area contributed by atoms with Gasteiger partial charge in [0, 0.05) is 5.56 Å². The second-order valence-corrected chi connectivity index (χ2v) is 6.94. The fourth-order valence-corrected chi connectivity index (χ4v) is 3.99. The van der Waals surface area contributed by atoms with E-state index in [1.807, 2.05) is 6.92 Å². The number of nitrogens with zero attached hydrogens (tertiary/aromatic N) is 1. The normalized spacial score (nSPS) is 15.1. The Morgan fingerprint density at radius 2 is 1.75 bits per heavy atom. The van der Waals surface area contributed by atoms with Gasteiger partial charge in [-0.05, 0) is 44.7 Å². The molecule has 0 aliphatic heterocycles. The van der Waals surface area contributed by atoms with E-state index in [2.05, 4.69) is 5.10 Å². The molecule has 0 fully saturated rings. The van der Waals surface area contributed by atoms with Crippen LogP contribution < -0.4 is 5.56 Å². The van der Waals surface area contributed by atoms with E-state index in [1.165, 1.54) is 0 Å². The Bertz CT molecular complexity index is 798. The maximum absolute atomic E-state index is 12.6. The van der Waals surface area contributed by atoms with Crippen LogP contribution >= 0.6 is 0 Å². The minimum absolute atomic E-state index is 0.197. The lowest BCUT2D eigenvalue weighted by molar-refractivity contribution is 0.571. The molecular weight excluding hydrogens is 276 g/mol. The lowest BCUT2D eigenvalue weighted by atomic mass is 9.98. The summed E-state index contributed by atoms with van der Waals surface area (Å²) >= 11 is 0. The zero-order valence-corrected chi connectivity index (χ0v) is 12.0. The second kappa shape index (κ2) is 4.63. The summed E-state index contributed by atoms with van der Waals surface area (Å²) in [5.74, 6) is 0. The first-order valence-electron chi connectivity index (χ1n) is 6.65. The average molecular weight is 292 g/mol. The van der Waals surface area contributed by atoms with Gasteiger partial charge in [-0.15, -0.1) is 0 Å². The van der Waals surface area contributed by atoms with Crippen molar-refractivity contribution in [3.05, 3.63) is 51.4 Å². The Kier molecular flexibility index (Phi) is 3.05. The van der Waals surface area contributed by atoms with Gasteiger partial charge in [0.25, 0.3) is 15.6 Å². The summed E-state index contributed by atoms with van der Waals surface area (Å²) in [5, 5.41) is 2.48. The van der Waals surface area contributed by atoms with Crippen LogP contribution in [0.5, 0.6) is 0 Å². The lowest BCUT2D eigenvalue weighted by Crippen LogP contribution is -2.19. The third kappa shape index (κ3) is 2.00. The molecule has 1 heterocycles. The van der Waals surface area contributed by atoms with Crippen LogP contribution in [0.25, 0.3) is 0 Å². The predicted octanol–water partition coefficient (Wildman–Crippen LogP) is 1.60. The van der Waals surface area contributed by atoms with Crippen LogP contribution in [0.4, 0.5) is 0 Å². The zero-order valence-electron chi connectivity index (χ0n) is 11.2. The average Bonchev–Trinajstić information content (AvgIpc) is 2.78. The van der Waals surface area contributed by atoms with E-state index in [4.69, 9.17) is 0 Å². The summed E-state index contributed by atoms with van der Waals surface area (Å²) < 4.78 is 26.3. The Hall–Kier alpha value is -1.82. The molecule has 0 unspecified atom stereocenters. The van der Waals surface area contributed by atoms with Crippen molar-refractivity contribution in [2.24, 2.45) is 0 Å². The Balaban J connectivity index is 2.17. The van der Waals surface area contributed by atoms with Crippen LogP contribution in [0.3, 0.4) is 0 Å². The van der Waals surface area contributed by atoms with Crippen molar-refractivity contribution in [2.75, 3.05) is 0 Å². The summed E-state index contributed by atoms with van der Waals surface area (Å²) in [4.78, 5) is 12.1. The Labute approximate surface area is 117 Å². The van der Waals surface area contributed by atoms with Crippen molar-refractivity contribution in [3.8, 4) is 0 Å². The molecule has 1 aromatic heterocycles. The molecule has 106 valence electrons. The quantitative estimate of drug-likeness (QED) is 0.914. The topological polar surface area (TPSA) is 71.9 Å². The fourth-order valence-electron chi connectivity index (χ4n) is 2.61.